The second-order valence-corrected chi connectivity index (χ2v) is 6.02. The summed E-state index contributed by atoms with van der Waals surface area (Å²) in [6.07, 6.45) is -1.88. The van der Waals surface area contributed by atoms with Crippen molar-refractivity contribution in [2.75, 3.05) is 0 Å². The molecule has 0 aliphatic heterocycles. The van der Waals surface area contributed by atoms with Crippen LogP contribution in [-0.4, -0.2) is 23.4 Å². The van der Waals surface area contributed by atoms with Gasteiger partial charge in [-0.15, -0.1) is 0 Å². The molecule has 2 rings (SSSR count). The third kappa shape index (κ3) is 3.71. The van der Waals surface area contributed by atoms with Gasteiger partial charge in [0, 0.05) is 11.6 Å². The van der Waals surface area contributed by atoms with Crippen molar-refractivity contribution in [1.29, 1.82) is 0 Å². The maximum absolute atomic E-state index is 12.2. The lowest BCUT2D eigenvalue weighted by molar-refractivity contribution is -0.396. The predicted octanol–water partition coefficient (Wildman–Crippen LogP) is 1.90. The summed E-state index contributed by atoms with van der Waals surface area (Å²) in [6, 6.07) is 9.46. The van der Waals surface area contributed by atoms with Crippen LogP contribution in [0.15, 0.2) is 53.4 Å². The summed E-state index contributed by atoms with van der Waals surface area (Å²) in [5.41, 5.74) is -1.56. The molecular formula is C13H10N2O8S. The van der Waals surface area contributed by atoms with Crippen LogP contribution >= 0.6 is 0 Å². The molecule has 0 spiro atoms. The first kappa shape index (κ1) is 17.5. The van der Waals surface area contributed by atoms with Gasteiger partial charge >= 0.3 is 10.1 Å². The second kappa shape index (κ2) is 6.70. The fourth-order valence-corrected chi connectivity index (χ4v) is 2.90. The number of hydrogen-bond donors (Lipinski definition) is 1. The fourth-order valence-electron chi connectivity index (χ4n) is 1.82. The van der Waals surface area contributed by atoms with Gasteiger partial charge in [0.15, 0.2) is 11.2 Å². The Morgan fingerprint density at radius 1 is 1.00 bits per heavy atom. The van der Waals surface area contributed by atoms with Crippen molar-refractivity contribution >= 4 is 21.5 Å². The molecule has 0 aliphatic carbocycles. The molecule has 0 heterocycles. The molecule has 24 heavy (non-hydrogen) atoms. The Morgan fingerprint density at radius 3 is 2.17 bits per heavy atom. The summed E-state index contributed by atoms with van der Waals surface area (Å²) >= 11 is 0. The Labute approximate surface area is 135 Å². The SMILES string of the molecule is O=[N+]([O-])c1ccc(S(=O)(=O)O[C@H](O)c2ccccc2)c([N+](=O)[O-])c1. The highest BCUT2D eigenvalue weighted by molar-refractivity contribution is 7.87. The van der Waals surface area contributed by atoms with Gasteiger partial charge in [-0.3, -0.25) is 20.2 Å². The summed E-state index contributed by atoms with van der Waals surface area (Å²) in [7, 11) is -4.74. The average molecular weight is 354 g/mol. The minimum Gasteiger partial charge on any atom is -0.363 e. The molecule has 0 radical (unpaired) electrons. The normalized spacial score (nSPS) is 12.5. The fraction of sp³-hybridized carbons (Fsp3) is 0.0769. The van der Waals surface area contributed by atoms with E-state index in [9.17, 15) is 33.8 Å². The van der Waals surface area contributed by atoms with Crippen molar-refractivity contribution in [3.8, 4) is 0 Å². The van der Waals surface area contributed by atoms with Gasteiger partial charge in [-0.2, -0.15) is 8.42 Å². The van der Waals surface area contributed by atoms with Gasteiger partial charge in [0.05, 0.1) is 15.9 Å². The van der Waals surface area contributed by atoms with Crippen LogP contribution in [0, 0.1) is 20.2 Å². The molecule has 2 aromatic carbocycles. The van der Waals surface area contributed by atoms with Crippen molar-refractivity contribution in [3.63, 3.8) is 0 Å². The first-order valence-corrected chi connectivity index (χ1v) is 7.72. The molecule has 0 aliphatic rings. The average Bonchev–Trinajstić information content (AvgIpc) is 2.54. The number of rotatable bonds is 6. The minimum absolute atomic E-state index is 0.116. The van der Waals surface area contributed by atoms with Crippen LogP contribution in [0.5, 0.6) is 0 Å². The third-order valence-electron chi connectivity index (χ3n) is 2.92. The summed E-state index contributed by atoms with van der Waals surface area (Å²) in [5, 5.41) is 31.5. The number of benzene rings is 2. The molecular weight excluding hydrogens is 344 g/mol. The van der Waals surface area contributed by atoms with E-state index in [2.05, 4.69) is 4.18 Å². The Hall–Kier alpha value is -2.89. The first-order chi connectivity index (χ1) is 11.2. The van der Waals surface area contributed by atoms with Crippen LogP contribution in [0.25, 0.3) is 0 Å². The van der Waals surface area contributed by atoms with Gasteiger partial charge in [0.2, 0.25) is 0 Å². The van der Waals surface area contributed by atoms with E-state index in [1.807, 2.05) is 0 Å². The molecule has 0 saturated heterocycles. The van der Waals surface area contributed by atoms with E-state index in [0.717, 1.165) is 6.07 Å². The smallest absolute Gasteiger partial charge is 0.306 e. The van der Waals surface area contributed by atoms with Gasteiger partial charge in [0.25, 0.3) is 11.4 Å². The zero-order valence-corrected chi connectivity index (χ0v) is 12.6. The highest BCUT2D eigenvalue weighted by Crippen LogP contribution is 2.31. The molecule has 1 N–H and O–H groups in total. The largest absolute Gasteiger partial charge is 0.363 e. The Morgan fingerprint density at radius 2 is 1.62 bits per heavy atom. The van der Waals surface area contributed by atoms with E-state index in [0.29, 0.717) is 12.1 Å². The van der Waals surface area contributed by atoms with Crippen LogP contribution in [0.3, 0.4) is 0 Å². The Bertz CT molecular complexity index is 882. The predicted molar refractivity (Wildman–Crippen MR) is 79.4 cm³/mol. The quantitative estimate of drug-likeness (QED) is 0.357. The first-order valence-electron chi connectivity index (χ1n) is 6.31. The maximum atomic E-state index is 12.2. The molecule has 0 fully saturated rings. The summed E-state index contributed by atoms with van der Waals surface area (Å²) in [6.45, 7) is 0. The van der Waals surface area contributed by atoms with Crippen LogP contribution in [0.2, 0.25) is 0 Å². The number of nitro groups is 2. The topological polar surface area (TPSA) is 150 Å². The highest BCUT2D eigenvalue weighted by Gasteiger charge is 2.31. The van der Waals surface area contributed by atoms with E-state index in [1.54, 1.807) is 6.07 Å². The molecule has 0 aromatic heterocycles. The van der Waals surface area contributed by atoms with Gasteiger partial charge in [-0.1, -0.05) is 30.3 Å². The number of hydrogen-bond acceptors (Lipinski definition) is 8. The van der Waals surface area contributed by atoms with E-state index in [-0.39, 0.29) is 5.56 Å². The molecule has 126 valence electrons. The monoisotopic (exact) mass is 354 g/mol. The van der Waals surface area contributed by atoms with Crippen molar-refractivity contribution in [2.45, 2.75) is 11.2 Å². The van der Waals surface area contributed by atoms with Gasteiger partial charge < -0.3 is 5.11 Å². The number of nitrogens with zero attached hydrogens (tertiary/aromatic N) is 2. The Kier molecular flexibility index (Phi) is 4.87. The number of nitro benzene ring substituents is 2. The van der Waals surface area contributed by atoms with Crippen molar-refractivity contribution < 1.29 is 27.6 Å². The van der Waals surface area contributed by atoms with Crippen molar-refractivity contribution in [1.82, 2.24) is 0 Å². The third-order valence-corrected chi connectivity index (χ3v) is 4.24. The van der Waals surface area contributed by atoms with Crippen LogP contribution < -0.4 is 0 Å². The second-order valence-electron chi connectivity index (χ2n) is 4.48. The highest BCUT2D eigenvalue weighted by atomic mass is 32.2. The lowest BCUT2D eigenvalue weighted by atomic mass is 10.2. The van der Waals surface area contributed by atoms with E-state index in [4.69, 9.17) is 0 Å². The number of aliphatic hydroxyl groups is 1. The molecule has 0 saturated carbocycles. The summed E-state index contributed by atoms with van der Waals surface area (Å²) in [5.74, 6) is 0. The molecule has 0 unspecified atom stereocenters. The van der Waals surface area contributed by atoms with Gasteiger partial charge in [-0.25, -0.2) is 4.18 Å². The van der Waals surface area contributed by atoms with Gasteiger partial charge in [0.1, 0.15) is 0 Å². The van der Waals surface area contributed by atoms with Crippen molar-refractivity contribution in [2.24, 2.45) is 0 Å². The van der Waals surface area contributed by atoms with E-state index >= 15 is 0 Å². The van der Waals surface area contributed by atoms with Crippen LogP contribution in [-0.2, 0) is 14.3 Å². The molecule has 11 heteroatoms. The standard InChI is InChI=1S/C13H10N2O8S/c16-13(9-4-2-1-3-5-9)23-24(21,22)12-7-6-10(14(17)18)8-11(12)15(19)20/h1-8,13,16H/t13-/m0/s1. The van der Waals surface area contributed by atoms with E-state index in [1.165, 1.54) is 24.3 Å². The van der Waals surface area contributed by atoms with E-state index < -0.39 is 42.5 Å². The number of aliphatic hydroxyl groups excluding tert-OH is 1. The summed E-state index contributed by atoms with van der Waals surface area (Å²) < 4.78 is 28.9. The van der Waals surface area contributed by atoms with Crippen molar-refractivity contribution in [3.05, 3.63) is 74.3 Å². The lowest BCUT2D eigenvalue weighted by Gasteiger charge is -2.12. The van der Waals surface area contributed by atoms with Gasteiger partial charge in [-0.05, 0) is 6.07 Å². The zero-order valence-electron chi connectivity index (χ0n) is 11.8. The number of non-ortho nitro benzene ring substituents is 1. The lowest BCUT2D eigenvalue weighted by Crippen LogP contribution is -2.13. The zero-order chi connectivity index (χ0) is 17.9. The van der Waals surface area contributed by atoms with Crippen LogP contribution in [0.4, 0.5) is 11.4 Å². The minimum atomic E-state index is -4.74. The molecule has 10 nitrogen and oxygen atoms in total. The molecule has 2 aromatic rings. The van der Waals surface area contributed by atoms with Crippen LogP contribution in [0.1, 0.15) is 11.9 Å². The Balaban J connectivity index is 2.42. The molecule has 0 amide bonds. The summed E-state index contributed by atoms with van der Waals surface area (Å²) in [4.78, 5) is 18.8. The molecule has 0 bridgehead atoms. The maximum Gasteiger partial charge on any atom is 0.306 e. The molecule has 1 atom stereocenters.